The molecule has 1 saturated heterocycles. The average Bonchev–Trinajstić information content (AvgIpc) is 4.04. The molecule has 0 aliphatic carbocycles. The molecule has 0 unspecified atom stereocenters. The molecule has 5 heterocycles. The second-order valence-electron chi connectivity index (χ2n) is 15.5. The van der Waals surface area contributed by atoms with Crippen molar-refractivity contribution < 1.29 is 43.0 Å². The minimum atomic E-state index is -0.977. The van der Waals surface area contributed by atoms with E-state index in [1.54, 1.807) is 32.1 Å². The van der Waals surface area contributed by atoms with E-state index in [1.807, 2.05) is 26.0 Å². The number of aliphatic imine (C=N–C) groups is 1. The second-order valence-corrected chi connectivity index (χ2v) is 15.5. The molecular formula is C46H55N7O9. The summed E-state index contributed by atoms with van der Waals surface area (Å²) >= 11 is 0. The molecule has 1 fully saturated rings. The van der Waals surface area contributed by atoms with Gasteiger partial charge in [-0.1, -0.05) is 25.3 Å². The van der Waals surface area contributed by atoms with Crippen molar-refractivity contribution in [1.29, 1.82) is 0 Å². The molecule has 0 aromatic carbocycles. The fourth-order valence-corrected chi connectivity index (χ4v) is 7.87. The van der Waals surface area contributed by atoms with Gasteiger partial charge in [0.25, 0.3) is 11.8 Å². The van der Waals surface area contributed by atoms with Gasteiger partial charge in [0.15, 0.2) is 0 Å². The lowest BCUT2D eigenvalue weighted by atomic mass is 10.0. The van der Waals surface area contributed by atoms with Crippen LogP contribution in [0.4, 0.5) is 0 Å². The quantitative estimate of drug-likeness (QED) is 0.156. The van der Waals surface area contributed by atoms with Gasteiger partial charge in [-0.15, -0.1) is 0 Å². The van der Waals surface area contributed by atoms with Gasteiger partial charge in [0.05, 0.1) is 25.6 Å². The van der Waals surface area contributed by atoms with Gasteiger partial charge in [0.2, 0.25) is 17.7 Å². The van der Waals surface area contributed by atoms with E-state index in [1.165, 1.54) is 33.0 Å². The molecule has 3 aliphatic heterocycles. The van der Waals surface area contributed by atoms with Crippen LogP contribution in [0.3, 0.4) is 0 Å². The average molecular weight is 850 g/mol. The Bertz CT molecular complexity index is 2510. The zero-order valence-corrected chi connectivity index (χ0v) is 36.6. The maximum atomic E-state index is 14.0. The van der Waals surface area contributed by atoms with Crippen molar-refractivity contribution in [3.8, 4) is 0 Å². The highest BCUT2D eigenvalue weighted by atomic mass is 16.5. The SMILES string of the molecule is C=CC1=C(C)C(=O)N=C1/C=c1\[nH]/c(=C\c2[nH]c(/C=C3\NC(=O)C(C)=C3C=C)c(C)c2CCC(=O)OC)c(CCC(=O)N2CCC[C@H]2C(=O)N[C@@H](C)C(=O)N[C@@H](C)C(=O)OC)c1C. The van der Waals surface area contributed by atoms with Crippen molar-refractivity contribution in [3.63, 3.8) is 0 Å². The number of nitrogens with zero attached hydrogens (tertiary/aromatic N) is 2. The van der Waals surface area contributed by atoms with Crippen molar-refractivity contribution in [1.82, 2.24) is 30.8 Å². The number of carbonyl (C=O) groups is 7. The number of methoxy groups -OCH3 is 2. The zero-order chi connectivity index (χ0) is 45.6. The summed E-state index contributed by atoms with van der Waals surface area (Å²) < 4.78 is 9.62. The van der Waals surface area contributed by atoms with Crippen LogP contribution in [0.15, 0.2) is 58.3 Å². The van der Waals surface area contributed by atoms with Gasteiger partial charge < -0.3 is 40.3 Å². The zero-order valence-electron chi connectivity index (χ0n) is 36.6. The summed E-state index contributed by atoms with van der Waals surface area (Å²) in [6, 6.07) is -2.68. The Labute approximate surface area is 360 Å². The molecule has 3 aliphatic rings. The van der Waals surface area contributed by atoms with Crippen LogP contribution in [0.2, 0.25) is 0 Å². The third-order valence-corrected chi connectivity index (χ3v) is 11.6. The van der Waals surface area contributed by atoms with Gasteiger partial charge in [-0.2, -0.15) is 0 Å². The number of carbonyl (C=O) groups excluding carboxylic acids is 7. The summed E-state index contributed by atoms with van der Waals surface area (Å²) in [5.41, 5.74) is 7.98. The summed E-state index contributed by atoms with van der Waals surface area (Å²) in [6.45, 7) is 18.3. The van der Waals surface area contributed by atoms with Crippen LogP contribution in [0.25, 0.3) is 18.2 Å². The molecule has 0 spiro atoms. The molecule has 328 valence electrons. The third kappa shape index (κ3) is 9.85. The van der Waals surface area contributed by atoms with Gasteiger partial charge in [0, 0.05) is 63.8 Å². The smallest absolute Gasteiger partial charge is 0.328 e. The highest BCUT2D eigenvalue weighted by molar-refractivity contribution is 6.32. The first kappa shape index (κ1) is 46.2. The number of esters is 2. The van der Waals surface area contributed by atoms with E-state index in [-0.39, 0.29) is 43.0 Å². The first-order valence-electron chi connectivity index (χ1n) is 20.4. The lowest BCUT2D eigenvalue weighted by molar-refractivity contribution is -0.145. The lowest BCUT2D eigenvalue weighted by Gasteiger charge is -2.25. The van der Waals surface area contributed by atoms with E-state index < -0.39 is 35.9 Å². The van der Waals surface area contributed by atoms with Crippen molar-refractivity contribution in [2.24, 2.45) is 4.99 Å². The largest absolute Gasteiger partial charge is 0.469 e. The molecule has 2 aromatic rings. The fourth-order valence-electron chi connectivity index (χ4n) is 7.87. The fraction of sp³-hybridized carbons (Fsp3) is 0.391. The maximum Gasteiger partial charge on any atom is 0.328 e. The van der Waals surface area contributed by atoms with E-state index in [2.05, 4.69) is 48.8 Å². The van der Waals surface area contributed by atoms with E-state index in [4.69, 9.17) is 4.74 Å². The van der Waals surface area contributed by atoms with Gasteiger partial charge in [-0.3, -0.25) is 28.8 Å². The van der Waals surface area contributed by atoms with E-state index >= 15 is 0 Å². The van der Waals surface area contributed by atoms with Crippen LogP contribution in [0.5, 0.6) is 0 Å². The van der Waals surface area contributed by atoms with Crippen LogP contribution >= 0.6 is 0 Å². The predicted octanol–water partition coefficient (Wildman–Crippen LogP) is 2.24. The molecule has 16 heteroatoms. The number of nitrogens with one attached hydrogen (secondary N) is 5. The first-order valence-corrected chi connectivity index (χ1v) is 20.4. The van der Waals surface area contributed by atoms with E-state index in [9.17, 15) is 33.6 Å². The van der Waals surface area contributed by atoms with Crippen molar-refractivity contribution in [2.75, 3.05) is 20.8 Å². The van der Waals surface area contributed by atoms with Gasteiger partial charge in [-0.05, 0) is 108 Å². The molecule has 5 N–H and O–H groups in total. The molecule has 5 amide bonds. The second kappa shape index (κ2) is 19.7. The number of likely N-dealkylation sites (tertiary alicyclic amines) is 1. The number of aromatic nitrogens is 2. The maximum absolute atomic E-state index is 14.0. The lowest BCUT2D eigenvalue weighted by Crippen LogP contribution is -2.53. The van der Waals surface area contributed by atoms with E-state index in [0.717, 1.165) is 22.3 Å². The minimum absolute atomic E-state index is 0.0395. The van der Waals surface area contributed by atoms with Crippen molar-refractivity contribution in [3.05, 3.63) is 97.6 Å². The highest BCUT2D eigenvalue weighted by Gasteiger charge is 2.35. The Morgan fingerprint density at radius 1 is 0.823 bits per heavy atom. The first-order chi connectivity index (χ1) is 29.4. The van der Waals surface area contributed by atoms with E-state index in [0.29, 0.717) is 81.6 Å². The summed E-state index contributed by atoms with van der Waals surface area (Å²) in [5.74, 6) is -2.88. The van der Waals surface area contributed by atoms with Crippen LogP contribution in [-0.4, -0.2) is 101 Å². The number of hydrogen-bond acceptors (Lipinski definition) is 9. The Balaban J connectivity index is 1.52. The van der Waals surface area contributed by atoms with Crippen molar-refractivity contribution in [2.45, 2.75) is 98.2 Å². The Morgan fingerprint density at radius 3 is 2.18 bits per heavy atom. The molecule has 3 atom stereocenters. The number of hydrogen-bond donors (Lipinski definition) is 5. The summed E-state index contributed by atoms with van der Waals surface area (Å²) in [7, 11) is 2.54. The number of ether oxygens (including phenoxy) is 2. The molecule has 5 rings (SSSR count). The normalized spacial score (nSPS) is 18.6. The summed E-state index contributed by atoms with van der Waals surface area (Å²) in [4.78, 5) is 102. The number of H-pyrrole nitrogens is 2. The predicted molar refractivity (Wildman–Crippen MR) is 233 cm³/mol. The minimum Gasteiger partial charge on any atom is -0.469 e. The number of aromatic amines is 2. The molecular weight excluding hydrogens is 795 g/mol. The van der Waals surface area contributed by atoms with Crippen LogP contribution in [0.1, 0.15) is 87.0 Å². The Morgan fingerprint density at radius 2 is 1.52 bits per heavy atom. The molecule has 62 heavy (non-hydrogen) atoms. The molecule has 0 saturated carbocycles. The number of rotatable bonds is 16. The standard InChI is InChI=1S/C46H55N7O9/c1-11-29-25(5)42(56)51-35(29)20-33-23(3)31(15-17-40(54)53-19-13-14-39(53)45(59)47-27(7)44(58)48-28(8)46(60)62-10)37(49-33)22-38-32(16-18-41(55)61-9)24(4)34(50-38)21-36-30(12-2)26(6)43(57)52-36/h11-12,20-22,27-28,39,49-50H,1-2,13-19H2,3-10H3,(H,47,59)(H,48,58)(H,52,57)/b33-20-,36-21-,37-22-/t27-,28-,39-/m0/s1. The summed E-state index contributed by atoms with van der Waals surface area (Å²) in [5, 5.41) is 9.40. The van der Waals surface area contributed by atoms with Gasteiger partial charge in [-0.25, -0.2) is 9.79 Å². The van der Waals surface area contributed by atoms with Gasteiger partial charge in [0.1, 0.15) is 18.1 Å². The monoisotopic (exact) mass is 849 g/mol. The molecule has 0 radical (unpaired) electrons. The molecule has 16 nitrogen and oxygen atoms in total. The molecule has 2 aromatic heterocycles. The van der Waals surface area contributed by atoms with Gasteiger partial charge >= 0.3 is 11.9 Å². The highest BCUT2D eigenvalue weighted by Crippen LogP contribution is 2.28. The molecule has 0 bridgehead atoms. The van der Waals surface area contributed by atoms with Crippen LogP contribution in [0, 0.1) is 13.8 Å². The Kier molecular flexibility index (Phi) is 14.7. The Hall–Kier alpha value is -6.84. The topological polar surface area (TPSA) is 221 Å². The third-order valence-electron chi connectivity index (χ3n) is 11.6. The number of allylic oxidation sites excluding steroid dienone is 3. The van der Waals surface area contributed by atoms with Crippen LogP contribution in [-0.2, 0) is 55.9 Å². The number of amides is 5. The van der Waals surface area contributed by atoms with Crippen LogP contribution < -0.4 is 26.6 Å². The van der Waals surface area contributed by atoms with Crippen molar-refractivity contribution >= 4 is 65.4 Å². The summed E-state index contributed by atoms with van der Waals surface area (Å²) in [6.07, 6.45) is 10.5.